The molecule has 0 saturated heterocycles. The van der Waals surface area contributed by atoms with Crippen molar-refractivity contribution in [2.45, 2.75) is 19.2 Å². The number of ether oxygens (including phenoxy) is 1. The third kappa shape index (κ3) is 6.06. The van der Waals surface area contributed by atoms with Crippen molar-refractivity contribution in [2.75, 3.05) is 0 Å². The largest absolute Gasteiger partial charge is 0.461 e. The summed E-state index contributed by atoms with van der Waals surface area (Å²) in [4.78, 5) is 11.0. The third-order valence-electron chi connectivity index (χ3n) is 1.65. The zero-order valence-electron chi connectivity index (χ0n) is 8.26. The van der Waals surface area contributed by atoms with Gasteiger partial charge in [0, 0.05) is 0 Å². The summed E-state index contributed by atoms with van der Waals surface area (Å²) in [5.74, 6) is -0.371. The molecule has 0 fully saturated rings. The van der Waals surface area contributed by atoms with Crippen LogP contribution >= 0.6 is 12.4 Å². The molecule has 0 aliphatic rings. The zero-order chi connectivity index (χ0) is 10.4. The second kappa shape index (κ2) is 7.23. The molecule has 84 valence electrons. The van der Waals surface area contributed by atoms with Gasteiger partial charge in [-0.05, 0) is 5.56 Å². The van der Waals surface area contributed by atoms with Crippen LogP contribution in [0.5, 0.6) is 0 Å². The van der Waals surface area contributed by atoms with Gasteiger partial charge in [-0.15, -0.1) is 12.4 Å². The molecular weight excluding hydrogens is 216 g/mol. The lowest BCUT2D eigenvalue weighted by molar-refractivity contribution is -0.145. The molecule has 0 atom stereocenters. The molecule has 0 bridgehead atoms. The van der Waals surface area contributed by atoms with E-state index in [9.17, 15) is 4.79 Å². The van der Waals surface area contributed by atoms with Gasteiger partial charge in [0.2, 0.25) is 0 Å². The minimum atomic E-state index is -0.640. The molecule has 0 aromatic heterocycles. The number of carbonyl (C=O) groups excluding carboxylic acids is 1. The summed E-state index contributed by atoms with van der Waals surface area (Å²) in [6.07, 6.45) is -0.592. The van der Waals surface area contributed by atoms with E-state index in [0.29, 0.717) is 0 Å². The van der Waals surface area contributed by atoms with Crippen LogP contribution in [-0.4, -0.2) is 12.1 Å². The van der Waals surface area contributed by atoms with E-state index in [2.05, 4.69) is 0 Å². The maximum atomic E-state index is 11.0. The Balaban J connectivity index is 0.00000196. The van der Waals surface area contributed by atoms with Crippen molar-refractivity contribution in [2.24, 2.45) is 11.5 Å². The maximum Gasteiger partial charge on any atom is 0.309 e. The highest BCUT2D eigenvalue weighted by Gasteiger charge is 2.06. The smallest absolute Gasteiger partial charge is 0.309 e. The minimum Gasteiger partial charge on any atom is -0.461 e. The summed E-state index contributed by atoms with van der Waals surface area (Å²) in [5.41, 5.74) is 11.4. The highest BCUT2D eigenvalue weighted by Crippen LogP contribution is 2.01. The highest BCUT2D eigenvalue weighted by molar-refractivity contribution is 5.85. The first kappa shape index (κ1) is 13.9. The van der Waals surface area contributed by atoms with Crippen molar-refractivity contribution in [1.29, 1.82) is 0 Å². The van der Waals surface area contributed by atoms with Gasteiger partial charge in [0.1, 0.15) is 6.61 Å². The maximum absolute atomic E-state index is 11.0. The van der Waals surface area contributed by atoms with Gasteiger partial charge in [0.25, 0.3) is 0 Å². The Labute approximate surface area is 95.0 Å². The molecule has 0 saturated carbocycles. The second-order valence-corrected chi connectivity index (χ2v) is 3.01. The summed E-state index contributed by atoms with van der Waals surface area (Å²) in [6.45, 7) is 0.270. The van der Waals surface area contributed by atoms with Crippen LogP contribution in [0.25, 0.3) is 0 Å². The summed E-state index contributed by atoms with van der Waals surface area (Å²) in [6, 6.07) is 9.45. The highest BCUT2D eigenvalue weighted by atomic mass is 35.5. The van der Waals surface area contributed by atoms with E-state index in [1.165, 1.54) is 0 Å². The van der Waals surface area contributed by atoms with E-state index in [1.54, 1.807) is 0 Å². The molecule has 5 heteroatoms. The minimum absolute atomic E-state index is 0. The van der Waals surface area contributed by atoms with Gasteiger partial charge in [-0.25, -0.2) is 0 Å². The van der Waals surface area contributed by atoms with Crippen molar-refractivity contribution in [1.82, 2.24) is 0 Å². The molecule has 0 aliphatic carbocycles. The van der Waals surface area contributed by atoms with Crippen molar-refractivity contribution in [3.63, 3.8) is 0 Å². The van der Waals surface area contributed by atoms with E-state index in [-0.39, 0.29) is 31.4 Å². The van der Waals surface area contributed by atoms with Crippen LogP contribution < -0.4 is 11.5 Å². The van der Waals surface area contributed by atoms with Crippen LogP contribution in [-0.2, 0) is 16.1 Å². The quantitative estimate of drug-likeness (QED) is 0.592. The lowest BCUT2D eigenvalue weighted by Gasteiger charge is -2.06. The van der Waals surface area contributed by atoms with E-state index in [1.807, 2.05) is 30.3 Å². The zero-order valence-corrected chi connectivity index (χ0v) is 9.07. The lowest BCUT2D eigenvalue weighted by atomic mass is 10.2. The summed E-state index contributed by atoms with van der Waals surface area (Å²) >= 11 is 0. The van der Waals surface area contributed by atoms with Gasteiger partial charge in [-0.1, -0.05) is 30.3 Å². The van der Waals surface area contributed by atoms with Crippen LogP contribution in [0.15, 0.2) is 30.3 Å². The average Bonchev–Trinajstić information content (AvgIpc) is 2.15. The first-order valence-electron chi connectivity index (χ1n) is 4.39. The molecule has 1 aromatic carbocycles. The van der Waals surface area contributed by atoms with Crippen molar-refractivity contribution < 1.29 is 9.53 Å². The molecule has 15 heavy (non-hydrogen) atoms. The Morgan fingerprint density at radius 3 is 2.40 bits per heavy atom. The van der Waals surface area contributed by atoms with E-state index < -0.39 is 6.17 Å². The van der Waals surface area contributed by atoms with Gasteiger partial charge in [0.05, 0.1) is 12.6 Å². The lowest BCUT2D eigenvalue weighted by Crippen LogP contribution is -2.33. The molecule has 1 aromatic rings. The number of hydrogen-bond donors (Lipinski definition) is 2. The molecule has 0 heterocycles. The monoisotopic (exact) mass is 230 g/mol. The van der Waals surface area contributed by atoms with Crippen molar-refractivity contribution >= 4 is 18.4 Å². The Hall–Kier alpha value is -1.10. The van der Waals surface area contributed by atoms with Crippen LogP contribution in [0.2, 0.25) is 0 Å². The molecule has 4 N–H and O–H groups in total. The molecule has 0 radical (unpaired) electrons. The predicted molar refractivity (Wildman–Crippen MR) is 60.3 cm³/mol. The van der Waals surface area contributed by atoms with Crippen LogP contribution in [0.4, 0.5) is 0 Å². The molecule has 1 rings (SSSR count). The van der Waals surface area contributed by atoms with Gasteiger partial charge >= 0.3 is 5.97 Å². The standard InChI is InChI=1S/C10H14N2O2.ClH/c11-9(12)6-10(13)14-7-8-4-2-1-3-5-8;/h1-5,9H,6-7,11-12H2;1H. The van der Waals surface area contributed by atoms with Crippen molar-refractivity contribution in [3.05, 3.63) is 35.9 Å². The molecule has 0 aliphatic heterocycles. The van der Waals surface area contributed by atoms with E-state index in [0.717, 1.165) is 5.56 Å². The fourth-order valence-electron chi connectivity index (χ4n) is 0.989. The number of carbonyl (C=O) groups is 1. The number of nitrogens with two attached hydrogens (primary N) is 2. The molecule has 4 nitrogen and oxygen atoms in total. The summed E-state index contributed by atoms with van der Waals surface area (Å²) in [5, 5.41) is 0. The van der Waals surface area contributed by atoms with Crippen LogP contribution in [0.1, 0.15) is 12.0 Å². The average molecular weight is 231 g/mol. The third-order valence-corrected chi connectivity index (χ3v) is 1.65. The van der Waals surface area contributed by atoms with Gasteiger partial charge in [-0.2, -0.15) is 0 Å². The van der Waals surface area contributed by atoms with Gasteiger partial charge in [-0.3, -0.25) is 4.79 Å². The van der Waals surface area contributed by atoms with Crippen molar-refractivity contribution in [3.8, 4) is 0 Å². The normalized spacial score (nSPS) is 9.53. The first-order chi connectivity index (χ1) is 6.68. The Bertz CT molecular complexity index is 291. The van der Waals surface area contributed by atoms with Gasteiger partial charge in [0.15, 0.2) is 0 Å². The first-order valence-corrected chi connectivity index (χ1v) is 4.39. The topological polar surface area (TPSA) is 78.3 Å². The number of esters is 1. The Morgan fingerprint density at radius 2 is 1.87 bits per heavy atom. The number of hydrogen-bond acceptors (Lipinski definition) is 4. The van der Waals surface area contributed by atoms with Gasteiger partial charge < -0.3 is 16.2 Å². The fourth-order valence-corrected chi connectivity index (χ4v) is 0.989. The molecule has 0 unspecified atom stereocenters. The number of rotatable bonds is 4. The predicted octanol–water partition coefficient (Wildman–Crippen LogP) is 0.785. The Morgan fingerprint density at radius 1 is 1.27 bits per heavy atom. The van der Waals surface area contributed by atoms with Crippen LogP contribution in [0, 0.1) is 0 Å². The Kier molecular flexibility index (Phi) is 6.70. The number of halogens is 1. The van der Waals surface area contributed by atoms with E-state index >= 15 is 0 Å². The number of benzene rings is 1. The molecule has 0 spiro atoms. The SMILES string of the molecule is Cl.NC(N)CC(=O)OCc1ccccc1. The summed E-state index contributed by atoms with van der Waals surface area (Å²) in [7, 11) is 0. The fraction of sp³-hybridized carbons (Fsp3) is 0.300. The van der Waals surface area contributed by atoms with E-state index in [4.69, 9.17) is 16.2 Å². The second-order valence-electron chi connectivity index (χ2n) is 3.01. The molecule has 0 amide bonds. The van der Waals surface area contributed by atoms with Crippen LogP contribution in [0.3, 0.4) is 0 Å². The summed E-state index contributed by atoms with van der Waals surface area (Å²) < 4.78 is 4.94. The molecular formula is C10H15ClN2O2.